The second-order valence-electron chi connectivity index (χ2n) is 5.20. The van der Waals surface area contributed by atoms with Gasteiger partial charge in [0, 0.05) is 18.1 Å². The van der Waals surface area contributed by atoms with E-state index in [-0.39, 0.29) is 5.91 Å². The molecule has 1 aromatic heterocycles. The predicted molar refractivity (Wildman–Crippen MR) is 87.5 cm³/mol. The van der Waals surface area contributed by atoms with Gasteiger partial charge in [0.05, 0.1) is 36.6 Å². The Balaban J connectivity index is 1.95. The lowest BCUT2D eigenvalue weighted by Gasteiger charge is -2.14. The van der Waals surface area contributed by atoms with Crippen LogP contribution in [0, 0.1) is 0 Å². The highest BCUT2D eigenvalue weighted by atomic mass is 35.5. The number of aromatic nitrogens is 1. The first kappa shape index (κ1) is 15.8. The van der Waals surface area contributed by atoms with Crippen molar-refractivity contribution >= 4 is 34.1 Å². The summed E-state index contributed by atoms with van der Waals surface area (Å²) in [5, 5.41) is 3.86. The van der Waals surface area contributed by atoms with Gasteiger partial charge < -0.3 is 19.5 Å². The Hall–Kier alpha value is -2.05. The van der Waals surface area contributed by atoms with Crippen molar-refractivity contribution < 1.29 is 19.0 Å². The van der Waals surface area contributed by atoms with Gasteiger partial charge >= 0.3 is 0 Å². The van der Waals surface area contributed by atoms with Gasteiger partial charge in [-0.3, -0.25) is 9.78 Å². The minimum absolute atomic E-state index is 0.203. The molecule has 1 aromatic carbocycles. The molecule has 2 aromatic rings. The van der Waals surface area contributed by atoms with Crippen LogP contribution in [0.25, 0.3) is 10.9 Å². The predicted octanol–water partition coefficient (Wildman–Crippen LogP) is 3.02. The summed E-state index contributed by atoms with van der Waals surface area (Å²) < 4.78 is 15.9. The van der Waals surface area contributed by atoms with Crippen LogP contribution in [0.5, 0.6) is 11.5 Å². The van der Waals surface area contributed by atoms with Crippen LogP contribution in [-0.4, -0.2) is 37.8 Å². The molecule has 0 spiro atoms. The summed E-state index contributed by atoms with van der Waals surface area (Å²) in [6.07, 6.45) is 2.71. The lowest BCUT2D eigenvalue weighted by molar-refractivity contribution is -0.124. The number of methoxy groups -OCH3 is 2. The second kappa shape index (κ2) is 6.60. The molecule has 3 rings (SSSR count). The second-order valence-corrected chi connectivity index (χ2v) is 5.58. The molecule has 1 fully saturated rings. The number of nitrogens with zero attached hydrogens (tertiary/aromatic N) is 1. The van der Waals surface area contributed by atoms with Gasteiger partial charge in [0.15, 0.2) is 11.5 Å². The van der Waals surface area contributed by atoms with Crippen LogP contribution in [0.2, 0.25) is 5.02 Å². The third-order valence-corrected chi connectivity index (χ3v) is 4.19. The van der Waals surface area contributed by atoms with Crippen molar-refractivity contribution in [1.82, 2.24) is 4.98 Å². The Morgan fingerprint density at radius 2 is 2.09 bits per heavy atom. The maximum atomic E-state index is 12.2. The monoisotopic (exact) mass is 336 g/mol. The number of benzene rings is 1. The van der Waals surface area contributed by atoms with E-state index in [4.69, 9.17) is 25.8 Å². The molecule has 7 heteroatoms. The number of halogens is 1. The molecule has 0 aliphatic carbocycles. The SMILES string of the molecule is COc1cc2ncc(NC(=O)[C@@H]3CCCO3)c(Cl)c2cc1OC. The summed E-state index contributed by atoms with van der Waals surface area (Å²) in [6, 6.07) is 3.48. The Kier molecular flexibility index (Phi) is 4.54. The maximum Gasteiger partial charge on any atom is 0.253 e. The van der Waals surface area contributed by atoms with Crippen LogP contribution in [0.1, 0.15) is 12.8 Å². The third kappa shape index (κ3) is 3.04. The number of carbonyl (C=O) groups excluding carboxylic acids is 1. The van der Waals surface area contributed by atoms with Gasteiger partial charge in [-0.25, -0.2) is 0 Å². The van der Waals surface area contributed by atoms with Crippen LogP contribution in [-0.2, 0) is 9.53 Å². The van der Waals surface area contributed by atoms with Gasteiger partial charge in [-0.15, -0.1) is 0 Å². The first-order chi connectivity index (χ1) is 11.1. The number of rotatable bonds is 4. The van der Waals surface area contributed by atoms with Crippen molar-refractivity contribution in [2.45, 2.75) is 18.9 Å². The van der Waals surface area contributed by atoms with E-state index in [1.54, 1.807) is 26.4 Å². The van der Waals surface area contributed by atoms with Crippen molar-refractivity contribution in [1.29, 1.82) is 0 Å². The smallest absolute Gasteiger partial charge is 0.253 e. The number of hydrogen-bond donors (Lipinski definition) is 1. The Bertz CT molecular complexity index is 744. The zero-order valence-electron chi connectivity index (χ0n) is 12.9. The summed E-state index contributed by atoms with van der Waals surface area (Å²) in [5.74, 6) is 0.914. The van der Waals surface area contributed by atoms with Crippen LogP contribution in [0.15, 0.2) is 18.3 Å². The molecule has 23 heavy (non-hydrogen) atoms. The summed E-state index contributed by atoms with van der Waals surface area (Å²) >= 11 is 6.42. The topological polar surface area (TPSA) is 69.7 Å². The van der Waals surface area contributed by atoms with Gasteiger partial charge in [0.25, 0.3) is 5.91 Å². The van der Waals surface area contributed by atoms with Crippen molar-refractivity contribution in [3.05, 3.63) is 23.4 Å². The molecule has 1 N–H and O–H groups in total. The molecule has 0 radical (unpaired) electrons. The molecule has 0 unspecified atom stereocenters. The van der Waals surface area contributed by atoms with Crippen molar-refractivity contribution in [2.75, 3.05) is 26.1 Å². The molecule has 122 valence electrons. The lowest BCUT2D eigenvalue weighted by Crippen LogP contribution is -2.27. The van der Waals surface area contributed by atoms with Crippen LogP contribution in [0.4, 0.5) is 5.69 Å². The summed E-state index contributed by atoms with van der Waals surface area (Å²) in [4.78, 5) is 16.5. The van der Waals surface area contributed by atoms with E-state index in [1.165, 1.54) is 6.20 Å². The largest absolute Gasteiger partial charge is 0.493 e. The zero-order chi connectivity index (χ0) is 16.4. The van der Waals surface area contributed by atoms with Gasteiger partial charge in [0.2, 0.25) is 0 Å². The number of nitrogens with one attached hydrogen (secondary N) is 1. The molecule has 1 aliphatic rings. The molecule has 0 bridgehead atoms. The molecule has 0 saturated carbocycles. The van der Waals surface area contributed by atoms with E-state index >= 15 is 0 Å². The van der Waals surface area contributed by atoms with Crippen LogP contribution < -0.4 is 14.8 Å². The molecular formula is C16H17ClN2O4. The van der Waals surface area contributed by atoms with E-state index in [1.807, 2.05) is 0 Å². The zero-order valence-corrected chi connectivity index (χ0v) is 13.6. The fraction of sp³-hybridized carbons (Fsp3) is 0.375. The summed E-state index contributed by atoms with van der Waals surface area (Å²) in [6.45, 7) is 0.610. The number of anilines is 1. The molecular weight excluding hydrogens is 320 g/mol. The van der Waals surface area contributed by atoms with E-state index in [0.29, 0.717) is 39.7 Å². The Morgan fingerprint density at radius 1 is 1.35 bits per heavy atom. The highest BCUT2D eigenvalue weighted by molar-refractivity contribution is 6.38. The normalized spacial score (nSPS) is 17.3. The Labute approximate surface area is 138 Å². The van der Waals surface area contributed by atoms with Gasteiger partial charge in [-0.1, -0.05) is 11.6 Å². The first-order valence-electron chi connectivity index (χ1n) is 7.26. The molecule has 2 heterocycles. The van der Waals surface area contributed by atoms with Gasteiger partial charge in [-0.2, -0.15) is 0 Å². The molecule has 1 atom stereocenters. The molecule has 6 nitrogen and oxygen atoms in total. The fourth-order valence-corrected chi connectivity index (χ4v) is 2.82. The number of amides is 1. The van der Waals surface area contributed by atoms with Gasteiger partial charge in [0.1, 0.15) is 6.10 Å². The van der Waals surface area contributed by atoms with E-state index in [0.717, 1.165) is 12.8 Å². The quantitative estimate of drug-likeness (QED) is 0.929. The average molecular weight is 337 g/mol. The highest BCUT2D eigenvalue weighted by Gasteiger charge is 2.24. The highest BCUT2D eigenvalue weighted by Crippen LogP contribution is 2.37. The number of pyridine rings is 1. The minimum Gasteiger partial charge on any atom is -0.493 e. The molecule has 1 amide bonds. The van der Waals surface area contributed by atoms with Crippen molar-refractivity contribution in [2.24, 2.45) is 0 Å². The molecule has 1 aliphatic heterocycles. The van der Waals surface area contributed by atoms with Gasteiger partial charge in [-0.05, 0) is 18.9 Å². The van der Waals surface area contributed by atoms with E-state index in [9.17, 15) is 4.79 Å². The maximum absolute atomic E-state index is 12.2. The first-order valence-corrected chi connectivity index (χ1v) is 7.64. The van der Waals surface area contributed by atoms with Crippen molar-refractivity contribution in [3.63, 3.8) is 0 Å². The van der Waals surface area contributed by atoms with Crippen LogP contribution in [0.3, 0.4) is 0 Å². The Morgan fingerprint density at radius 3 is 2.74 bits per heavy atom. The number of ether oxygens (including phenoxy) is 3. The van der Waals surface area contributed by atoms with Crippen LogP contribution >= 0.6 is 11.6 Å². The number of fused-ring (bicyclic) bond motifs is 1. The average Bonchev–Trinajstić information content (AvgIpc) is 3.11. The standard InChI is InChI=1S/C16H17ClN2O4/c1-21-13-6-9-10(7-14(13)22-2)18-8-11(15(9)17)19-16(20)12-4-3-5-23-12/h6-8,12H,3-5H2,1-2H3,(H,19,20)/t12-/m0/s1. The number of hydrogen-bond acceptors (Lipinski definition) is 5. The molecule has 1 saturated heterocycles. The van der Waals surface area contributed by atoms with E-state index < -0.39 is 6.10 Å². The minimum atomic E-state index is -0.424. The number of carbonyl (C=O) groups is 1. The summed E-state index contributed by atoms with van der Waals surface area (Å²) in [7, 11) is 3.11. The van der Waals surface area contributed by atoms with E-state index in [2.05, 4.69) is 10.3 Å². The summed E-state index contributed by atoms with van der Waals surface area (Å²) in [5.41, 5.74) is 1.11. The fourth-order valence-electron chi connectivity index (χ4n) is 2.57. The third-order valence-electron chi connectivity index (χ3n) is 3.79. The van der Waals surface area contributed by atoms with Crippen molar-refractivity contribution in [3.8, 4) is 11.5 Å². The lowest BCUT2D eigenvalue weighted by atomic mass is 10.1.